The summed E-state index contributed by atoms with van der Waals surface area (Å²) in [7, 11) is 0. The van der Waals surface area contributed by atoms with E-state index in [-0.39, 0.29) is 6.47 Å². The Morgan fingerprint density at radius 2 is 2.00 bits per heavy atom. The number of benzene rings is 1. The fourth-order valence-corrected chi connectivity index (χ4v) is 1.85. The number of carbonyl (C=O) groups excluding carboxylic acids is 2. The predicted octanol–water partition coefficient (Wildman–Crippen LogP) is 2.63. The van der Waals surface area contributed by atoms with E-state index in [1.165, 1.54) is 30.5 Å². The molecule has 2 rings (SSSR count). The van der Waals surface area contributed by atoms with E-state index in [0.717, 1.165) is 5.56 Å². The van der Waals surface area contributed by atoms with Crippen molar-refractivity contribution in [2.24, 2.45) is 0 Å². The summed E-state index contributed by atoms with van der Waals surface area (Å²) in [4.78, 5) is 26.9. The van der Waals surface area contributed by atoms with Crippen LogP contribution in [0.1, 0.15) is 27.6 Å². The van der Waals surface area contributed by atoms with Crippen molar-refractivity contribution >= 4 is 12.3 Å². The number of ketones is 1. The first kappa shape index (κ1) is 13.9. The second-order valence-corrected chi connectivity index (χ2v) is 4.22. The van der Waals surface area contributed by atoms with Gasteiger partial charge in [-0.3, -0.25) is 14.6 Å². The zero-order valence-electron chi connectivity index (χ0n) is 10.7. The highest BCUT2D eigenvalue weighted by Crippen LogP contribution is 2.23. The van der Waals surface area contributed by atoms with E-state index in [4.69, 9.17) is 4.74 Å². The summed E-state index contributed by atoms with van der Waals surface area (Å²) in [6.45, 7) is 1.97. The van der Waals surface area contributed by atoms with Gasteiger partial charge in [0.2, 0.25) is 5.78 Å². The molecule has 0 aliphatic heterocycles. The van der Waals surface area contributed by atoms with Crippen LogP contribution in [0.3, 0.4) is 0 Å². The maximum Gasteiger partial charge on any atom is 0.294 e. The van der Waals surface area contributed by atoms with Crippen molar-refractivity contribution in [3.8, 4) is 0 Å². The number of carbonyl (C=O) groups is 2. The highest BCUT2D eigenvalue weighted by molar-refractivity contribution is 6.01. The first-order valence-electron chi connectivity index (χ1n) is 5.93. The van der Waals surface area contributed by atoms with Crippen LogP contribution in [0.5, 0.6) is 0 Å². The largest absolute Gasteiger partial charge is 0.451 e. The van der Waals surface area contributed by atoms with Crippen molar-refractivity contribution in [3.05, 3.63) is 65.2 Å². The molecule has 4 nitrogen and oxygen atoms in total. The number of rotatable bonds is 5. The van der Waals surface area contributed by atoms with Crippen molar-refractivity contribution in [3.63, 3.8) is 0 Å². The smallest absolute Gasteiger partial charge is 0.294 e. The average Bonchev–Trinajstić information content (AvgIpc) is 2.46. The van der Waals surface area contributed by atoms with E-state index in [1.807, 2.05) is 0 Å². The lowest BCUT2D eigenvalue weighted by Crippen LogP contribution is -2.17. The molecular formula is C15H12FNO3. The third kappa shape index (κ3) is 2.88. The van der Waals surface area contributed by atoms with E-state index < -0.39 is 17.7 Å². The number of aromatic nitrogens is 1. The number of aryl methyl sites for hydroxylation is 1. The molecule has 0 saturated carbocycles. The van der Waals surface area contributed by atoms with Crippen LogP contribution in [0.15, 0.2) is 42.7 Å². The van der Waals surface area contributed by atoms with Crippen LogP contribution in [0.25, 0.3) is 0 Å². The number of Topliss-reactive ketones (excluding diaryl/α,β-unsaturated/α-hetero) is 1. The Morgan fingerprint density at radius 3 is 2.60 bits per heavy atom. The monoisotopic (exact) mass is 273 g/mol. The third-order valence-corrected chi connectivity index (χ3v) is 2.91. The Kier molecular flexibility index (Phi) is 4.20. The number of ether oxygens (including phenoxy) is 1. The van der Waals surface area contributed by atoms with E-state index >= 15 is 0 Å². The van der Waals surface area contributed by atoms with Gasteiger partial charge in [0.25, 0.3) is 6.47 Å². The van der Waals surface area contributed by atoms with Gasteiger partial charge < -0.3 is 4.74 Å². The average molecular weight is 273 g/mol. The van der Waals surface area contributed by atoms with Gasteiger partial charge in [0.05, 0.1) is 0 Å². The quantitative estimate of drug-likeness (QED) is 0.620. The molecule has 1 heterocycles. The van der Waals surface area contributed by atoms with E-state index in [9.17, 15) is 14.0 Å². The van der Waals surface area contributed by atoms with Crippen LogP contribution < -0.4 is 0 Å². The fraction of sp³-hybridized carbons (Fsp3) is 0.133. The van der Waals surface area contributed by atoms with Gasteiger partial charge in [-0.2, -0.15) is 0 Å². The number of hydrogen-bond acceptors (Lipinski definition) is 4. The lowest BCUT2D eigenvalue weighted by molar-refractivity contribution is -0.132. The SMILES string of the molecule is Cc1ccncc1C(=O)C(OC=O)c1ccc(F)cc1. The van der Waals surface area contributed by atoms with Crippen molar-refractivity contribution in [2.45, 2.75) is 13.0 Å². The second kappa shape index (κ2) is 6.06. The molecule has 2 aromatic rings. The Bertz CT molecular complexity index is 625. The molecule has 0 radical (unpaired) electrons. The maximum absolute atomic E-state index is 12.9. The molecule has 1 unspecified atom stereocenters. The van der Waals surface area contributed by atoms with Crippen LogP contribution in [0.4, 0.5) is 4.39 Å². The van der Waals surface area contributed by atoms with Gasteiger partial charge in [-0.15, -0.1) is 0 Å². The van der Waals surface area contributed by atoms with Crippen molar-refractivity contribution in [1.29, 1.82) is 0 Å². The normalized spacial score (nSPS) is 11.7. The molecule has 0 bridgehead atoms. The Morgan fingerprint density at radius 1 is 1.30 bits per heavy atom. The molecule has 5 heteroatoms. The van der Waals surface area contributed by atoms with Gasteiger partial charge in [-0.1, -0.05) is 12.1 Å². The van der Waals surface area contributed by atoms with E-state index in [1.54, 1.807) is 19.2 Å². The van der Waals surface area contributed by atoms with Crippen LogP contribution in [-0.4, -0.2) is 17.2 Å². The molecule has 1 aromatic heterocycles. The standard InChI is InChI=1S/C15H12FNO3/c1-10-6-7-17-8-13(10)14(19)15(20-9-18)11-2-4-12(16)5-3-11/h2-9,15H,1H3. The van der Waals surface area contributed by atoms with Crippen molar-refractivity contribution in [2.75, 3.05) is 0 Å². The first-order valence-corrected chi connectivity index (χ1v) is 5.93. The summed E-state index contributed by atoms with van der Waals surface area (Å²) in [5.74, 6) is -0.821. The lowest BCUT2D eigenvalue weighted by atomic mass is 9.98. The molecule has 102 valence electrons. The lowest BCUT2D eigenvalue weighted by Gasteiger charge is -2.15. The number of nitrogens with zero attached hydrogens (tertiary/aromatic N) is 1. The second-order valence-electron chi connectivity index (χ2n) is 4.22. The number of pyridine rings is 1. The summed E-state index contributed by atoms with van der Waals surface area (Å²) >= 11 is 0. The topological polar surface area (TPSA) is 56.3 Å². The van der Waals surface area contributed by atoms with Crippen LogP contribution in [-0.2, 0) is 9.53 Å². The molecule has 1 atom stereocenters. The molecule has 0 aliphatic carbocycles. The maximum atomic E-state index is 12.9. The van der Waals surface area contributed by atoms with Gasteiger partial charge in [0.15, 0.2) is 6.10 Å². The Labute approximate surface area is 115 Å². The van der Waals surface area contributed by atoms with E-state index in [0.29, 0.717) is 11.1 Å². The third-order valence-electron chi connectivity index (χ3n) is 2.91. The van der Waals surface area contributed by atoms with Gasteiger partial charge in [0.1, 0.15) is 5.82 Å². The van der Waals surface area contributed by atoms with Gasteiger partial charge in [0, 0.05) is 23.5 Å². The number of hydrogen-bond donors (Lipinski definition) is 0. The van der Waals surface area contributed by atoms with Crippen LogP contribution >= 0.6 is 0 Å². The molecular weight excluding hydrogens is 261 g/mol. The van der Waals surface area contributed by atoms with E-state index in [2.05, 4.69) is 4.98 Å². The summed E-state index contributed by atoms with van der Waals surface area (Å²) < 4.78 is 17.8. The van der Waals surface area contributed by atoms with Crippen LogP contribution in [0.2, 0.25) is 0 Å². The van der Waals surface area contributed by atoms with Crippen LogP contribution in [0, 0.1) is 12.7 Å². The minimum absolute atomic E-state index is 0.206. The molecule has 0 saturated heterocycles. The minimum atomic E-state index is -1.10. The highest BCUT2D eigenvalue weighted by Gasteiger charge is 2.24. The predicted molar refractivity (Wildman–Crippen MR) is 69.6 cm³/mol. The molecule has 0 amide bonds. The fourth-order valence-electron chi connectivity index (χ4n) is 1.85. The molecule has 0 N–H and O–H groups in total. The van der Waals surface area contributed by atoms with Crippen molar-refractivity contribution < 1.29 is 18.7 Å². The van der Waals surface area contributed by atoms with Crippen molar-refractivity contribution in [1.82, 2.24) is 4.98 Å². The molecule has 20 heavy (non-hydrogen) atoms. The summed E-state index contributed by atoms with van der Waals surface area (Å²) in [5.41, 5.74) is 1.50. The summed E-state index contributed by atoms with van der Waals surface area (Å²) in [5, 5.41) is 0. The molecule has 0 fully saturated rings. The Hall–Kier alpha value is -2.56. The minimum Gasteiger partial charge on any atom is -0.451 e. The molecule has 1 aromatic carbocycles. The zero-order chi connectivity index (χ0) is 14.5. The number of halogens is 1. The summed E-state index contributed by atoms with van der Waals surface area (Å²) in [6, 6.07) is 6.93. The first-order chi connectivity index (χ1) is 9.63. The molecule has 0 aliphatic rings. The van der Waals surface area contributed by atoms with Gasteiger partial charge >= 0.3 is 0 Å². The highest BCUT2D eigenvalue weighted by atomic mass is 19.1. The van der Waals surface area contributed by atoms with Gasteiger partial charge in [-0.25, -0.2) is 4.39 Å². The summed E-state index contributed by atoms with van der Waals surface area (Å²) in [6.07, 6.45) is 1.89. The molecule has 0 spiro atoms. The Balaban J connectivity index is 2.38. The van der Waals surface area contributed by atoms with Gasteiger partial charge in [-0.05, 0) is 30.7 Å². The zero-order valence-corrected chi connectivity index (χ0v) is 10.7.